The second kappa shape index (κ2) is 8.18. The summed E-state index contributed by atoms with van der Waals surface area (Å²) in [5, 5.41) is 1.07. The average Bonchev–Trinajstić information content (AvgIpc) is 2.66. The topological polar surface area (TPSA) is 102 Å². The van der Waals surface area contributed by atoms with Gasteiger partial charge >= 0.3 is 5.97 Å². The van der Waals surface area contributed by atoms with Crippen molar-refractivity contribution >= 4 is 50.0 Å². The van der Waals surface area contributed by atoms with E-state index in [1.807, 2.05) is 0 Å². The fourth-order valence-corrected chi connectivity index (χ4v) is 3.38. The number of hydrogen-bond donors (Lipinski definition) is 1. The van der Waals surface area contributed by atoms with Crippen molar-refractivity contribution in [3.05, 3.63) is 70.9 Å². The number of rotatable bonds is 6. The highest BCUT2D eigenvalue weighted by Crippen LogP contribution is 2.19. The molecule has 3 rings (SSSR count). The number of nitrogens with one attached hydrogen (secondary N) is 1. The molecule has 1 N–H and O–H groups in total. The van der Waals surface area contributed by atoms with Crippen molar-refractivity contribution in [1.82, 2.24) is 4.98 Å². The molecule has 150 valence electrons. The molecule has 0 aliphatic heterocycles. The van der Waals surface area contributed by atoms with E-state index in [0.717, 1.165) is 11.6 Å². The van der Waals surface area contributed by atoms with Gasteiger partial charge in [-0.05, 0) is 61.5 Å². The lowest BCUT2D eigenvalue weighted by Gasteiger charge is -2.13. The molecule has 1 atom stereocenters. The smallest absolute Gasteiger partial charge is 0.338 e. The van der Waals surface area contributed by atoms with E-state index in [-0.39, 0.29) is 5.56 Å². The number of fused-ring (bicyclic) bond motifs is 1. The van der Waals surface area contributed by atoms with Gasteiger partial charge < -0.3 is 4.74 Å². The van der Waals surface area contributed by atoms with Gasteiger partial charge in [-0.25, -0.2) is 18.2 Å². The van der Waals surface area contributed by atoms with E-state index in [2.05, 4.69) is 9.71 Å². The van der Waals surface area contributed by atoms with Gasteiger partial charge in [0.1, 0.15) is 5.15 Å². The van der Waals surface area contributed by atoms with Crippen LogP contribution in [-0.2, 0) is 14.8 Å². The first-order valence-corrected chi connectivity index (χ1v) is 10.8. The van der Waals surface area contributed by atoms with Crippen LogP contribution in [0.1, 0.15) is 27.6 Å². The van der Waals surface area contributed by atoms with Gasteiger partial charge in [0.15, 0.2) is 6.10 Å². The predicted octanol–water partition coefficient (Wildman–Crippen LogP) is 3.69. The van der Waals surface area contributed by atoms with E-state index in [9.17, 15) is 18.0 Å². The molecule has 7 nitrogen and oxygen atoms in total. The van der Waals surface area contributed by atoms with E-state index < -0.39 is 27.9 Å². The number of anilines is 1. The molecule has 29 heavy (non-hydrogen) atoms. The third-order valence-electron chi connectivity index (χ3n) is 4.02. The van der Waals surface area contributed by atoms with E-state index >= 15 is 0 Å². The third kappa shape index (κ3) is 5.30. The zero-order valence-corrected chi connectivity index (χ0v) is 17.1. The molecule has 0 bridgehead atoms. The van der Waals surface area contributed by atoms with Crippen molar-refractivity contribution in [2.75, 3.05) is 11.0 Å². The molecule has 0 saturated carbocycles. The van der Waals surface area contributed by atoms with Crippen molar-refractivity contribution in [1.29, 1.82) is 0 Å². The SMILES string of the molecule is CC(OC(=O)c1ccc2nc(Cl)ccc2c1)C(=O)c1ccc(NS(C)(=O)=O)cc1. The number of benzene rings is 2. The van der Waals surface area contributed by atoms with Crippen LogP contribution in [0.25, 0.3) is 10.9 Å². The molecule has 0 radical (unpaired) electrons. The number of ether oxygens (including phenoxy) is 1. The van der Waals surface area contributed by atoms with E-state index in [1.54, 1.807) is 30.3 Å². The first kappa shape index (κ1) is 20.8. The van der Waals surface area contributed by atoms with E-state index in [4.69, 9.17) is 16.3 Å². The minimum absolute atomic E-state index is 0.286. The monoisotopic (exact) mass is 432 g/mol. The number of esters is 1. The Bertz CT molecular complexity index is 1190. The Morgan fingerprint density at radius 2 is 1.69 bits per heavy atom. The van der Waals surface area contributed by atoms with Crippen LogP contribution in [0.5, 0.6) is 0 Å². The van der Waals surface area contributed by atoms with Crippen LogP contribution >= 0.6 is 11.6 Å². The summed E-state index contributed by atoms with van der Waals surface area (Å²) in [5.41, 5.74) is 1.55. The zero-order valence-electron chi connectivity index (χ0n) is 15.5. The summed E-state index contributed by atoms with van der Waals surface area (Å²) >= 11 is 5.85. The van der Waals surface area contributed by atoms with Crippen LogP contribution < -0.4 is 4.72 Å². The fraction of sp³-hybridized carbons (Fsp3) is 0.150. The lowest BCUT2D eigenvalue weighted by Crippen LogP contribution is -2.24. The standard InChI is InChI=1S/C20H17ClN2O5S/c1-12(19(24)13-3-7-16(8-4-13)23-29(2,26)27)28-20(25)15-5-9-17-14(11-15)6-10-18(21)22-17/h3-12,23H,1-2H3. The van der Waals surface area contributed by atoms with Crippen molar-refractivity contribution in [2.45, 2.75) is 13.0 Å². The fourth-order valence-electron chi connectivity index (χ4n) is 2.66. The highest BCUT2D eigenvalue weighted by Gasteiger charge is 2.21. The van der Waals surface area contributed by atoms with Gasteiger partial charge in [-0.15, -0.1) is 0 Å². The van der Waals surface area contributed by atoms with Crippen molar-refractivity contribution < 1.29 is 22.7 Å². The first-order valence-electron chi connectivity index (χ1n) is 8.52. The van der Waals surface area contributed by atoms with Crippen LogP contribution in [0.4, 0.5) is 5.69 Å². The Labute approximate surface area is 172 Å². The number of aromatic nitrogens is 1. The number of pyridine rings is 1. The summed E-state index contributed by atoms with van der Waals surface area (Å²) < 4.78 is 30.1. The number of carbonyl (C=O) groups excluding carboxylic acids is 2. The molecule has 9 heteroatoms. The number of hydrogen-bond acceptors (Lipinski definition) is 6. The summed E-state index contributed by atoms with van der Waals surface area (Å²) in [5.74, 6) is -1.04. The molecule has 2 aromatic carbocycles. The van der Waals surface area contributed by atoms with Crippen LogP contribution in [0, 0.1) is 0 Å². The van der Waals surface area contributed by atoms with Gasteiger partial charge in [0.05, 0.1) is 17.3 Å². The number of nitrogens with zero attached hydrogens (tertiary/aromatic N) is 1. The molecule has 1 unspecified atom stereocenters. The molecule has 0 fully saturated rings. The Hall–Kier alpha value is -2.97. The molecular weight excluding hydrogens is 416 g/mol. The van der Waals surface area contributed by atoms with Gasteiger partial charge in [-0.2, -0.15) is 0 Å². The molecule has 0 amide bonds. The Balaban J connectivity index is 1.70. The second-order valence-electron chi connectivity index (χ2n) is 6.40. The first-order chi connectivity index (χ1) is 13.6. The van der Waals surface area contributed by atoms with Gasteiger partial charge in [0, 0.05) is 16.6 Å². The molecule has 0 saturated heterocycles. The number of halogens is 1. The maximum absolute atomic E-state index is 12.5. The Morgan fingerprint density at radius 1 is 1.03 bits per heavy atom. The Morgan fingerprint density at radius 3 is 2.34 bits per heavy atom. The van der Waals surface area contributed by atoms with Crippen molar-refractivity contribution in [3.63, 3.8) is 0 Å². The van der Waals surface area contributed by atoms with Gasteiger partial charge in [-0.3, -0.25) is 9.52 Å². The highest BCUT2D eigenvalue weighted by molar-refractivity contribution is 7.92. The molecule has 0 aliphatic carbocycles. The molecule has 0 spiro atoms. The molecule has 0 aliphatic rings. The quantitative estimate of drug-likeness (QED) is 0.362. The average molecular weight is 433 g/mol. The van der Waals surface area contributed by atoms with E-state index in [1.165, 1.54) is 31.2 Å². The molecule has 1 aromatic heterocycles. The lowest BCUT2D eigenvalue weighted by molar-refractivity contribution is 0.0319. The summed E-state index contributed by atoms with van der Waals surface area (Å²) in [6.07, 6.45) is 0.0145. The summed E-state index contributed by atoms with van der Waals surface area (Å²) in [6.45, 7) is 1.48. The van der Waals surface area contributed by atoms with Crippen LogP contribution in [0.2, 0.25) is 5.15 Å². The highest BCUT2D eigenvalue weighted by atomic mass is 35.5. The van der Waals surface area contributed by atoms with Crippen LogP contribution in [0.15, 0.2) is 54.6 Å². The predicted molar refractivity (Wildman–Crippen MR) is 111 cm³/mol. The maximum Gasteiger partial charge on any atom is 0.338 e. The lowest BCUT2D eigenvalue weighted by atomic mass is 10.1. The van der Waals surface area contributed by atoms with Crippen molar-refractivity contribution in [3.8, 4) is 0 Å². The van der Waals surface area contributed by atoms with E-state index in [0.29, 0.717) is 21.9 Å². The van der Waals surface area contributed by atoms with Crippen molar-refractivity contribution in [2.24, 2.45) is 0 Å². The van der Waals surface area contributed by atoms with Gasteiger partial charge in [-0.1, -0.05) is 11.6 Å². The third-order valence-corrected chi connectivity index (χ3v) is 4.83. The summed E-state index contributed by atoms with van der Waals surface area (Å²) in [6, 6.07) is 14.0. The summed E-state index contributed by atoms with van der Waals surface area (Å²) in [7, 11) is -3.41. The normalized spacial score (nSPS) is 12.4. The van der Waals surface area contributed by atoms with Gasteiger partial charge in [0.2, 0.25) is 15.8 Å². The zero-order chi connectivity index (χ0) is 21.2. The van der Waals surface area contributed by atoms with Crippen LogP contribution in [0.3, 0.4) is 0 Å². The largest absolute Gasteiger partial charge is 0.451 e. The number of carbonyl (C=O) groups is 2. The Kier molecular flexibility index (Phi) is 5.86. The molecule has 1 heterocycles. The summed E-state index contributed by atoms with van der Waals surface area (Å²) in [4.78, 5) is 29.1. The molecular formula is C20H17ClN2O5S. The minimum Gasteiger partial charge on any atom is -0.451 e. The van der Waals surface area contributed by atoms with Gasteiger partial charge in [0.25, 0.3) is 0 Å². The minimum atomic E-state index is -3.41. The maximum atomic E-state index is 12.5. The van der Waals surface area contributed by atoms with Crippen LogP contribution in [-0.4, -0.2) is 37.5 Å². The second-order valence-corrected chi connectivity index (χ2v) is 8.54. The number of Topliss-reactive ketones (excluding diaryl/α,β-unsaturated/α-hetero) is 1. The number of sulfonamides is 1. The molecule has 3 aromatic rings. The number of ketones is 1.